The van der Waals surface area contributed by atoms with Gasteiger partial charge in [-0.15, -0.1) is 0 Å². The Bertz CT molecular complexity index is 559. The van der Waals surface area contributed by atoms with Crippen LogP contribution >= 0.6 is 0 Å². The fourth-order valence-electron chi connectivity index (χ4n) is 3.07. The van der Waals surface area contributed by atoms with Crippen LogP contribution in [0.2, 0.25) is 0 Å². The van der Waals surface area contributed by atoms with E-state index in [9.17, 15) is 14.0 Å². The molecule has 0 radical (unpaired) electrons. The summed E-state index contributed by atoms with van der Waals surface area (Å²) in [6.07, 6.45) is 4.13. The minimum Gasteiger partial charge on any atom is -0.481 e. The first-order valence-corrected chi connectivity index (χ1v) is 7.96. The predicted octanol–water partition coefficient (Wildman–Crippen LogP) is 3.17. The van der Waals surface area contributed by atoms with Gasteiger partial charge in [0, 0.05) is 13.6 Å². The topological polar surface area (TPSA) is 69.6 Å². The highest BCUT2D eigenvalue weighted by atomic mass is 19.1. The molecule has 1 atom stereocenters. The lowest BCUT2D eigenvalue weighted by Crippen LogP contribution is -2.42. The first-order chi connectivity index (χ1) is 11.0. The Morgan fingerprint density at radius 2 is 2.09 bits per heavy atom. The average molecular weight is 322 g/mol. The molecule has 6 heteroatoms. The summed E-state index contributed by atoms with van der Waals surface area (Å²) < 4.78 is 13.5. The fourth-order valence-corrected chi connectivity index (χ4v) is 3.07. The number of amides is 2. The van der Waals surface area contributed by atoms with Gasteiger partial charge < -0.3 is 15.3 Å². The first kappa shape index (κ1) is 17.2. The van der Waals surface area contributed by atoms with Crippen LogP contribution in [-0.4, -0.2) is 35.6 Å². The molecule has 1 aromatic carbocycles. The van der Waals surface area contributed by atoms with Gasteiger partial charge in [-0.1, -0.05) is 25.0 Å². The van der Waals surface area contributed by atoms with E-state index in [1.807, 2.05) is 6.07 Å². The van der Waals surface area contributed by atoms with Crippen LogP contribution in [0.25, 0.3) is 0 Å². The Morgan fingerprint density at radius 1 is 1.39 bits per heavy atom. The summed E-state index contributed by atoms with van der Waals surface area (Å²) in [6.45, 7) is 0.141. The van der Waals surface area contributed by atoms with Crippen molar-refractivity contribution in [3.05, 3.63) is 35.6 Å². The van der Waals surface area contributed by atoms with E-state index >= 15 is 0 Å². The number of carbonyl (C=O) groups excluding carboxylic acids is 1. The zero-order chi connectivity index (χ0) is 16.8. The maximum Gasteiger partial charge on any atom is 0.317 e. The number of hydrogen-bond donors (Lipinski definition) is 2. The molecule has 1 aliphatic carbocycles. The molecule has 126 valence electrons. The van der Waals surface area contributed by atoms with E-state index in [1.165, 1.54) is 17.0 Å². The van der Waals surface area contributed by atoms with Crippen LogP contribution < -0.4 is 5.32 Å². The number of rotatable bonds is 6. The van der Waals surface area contributed by atoms with Crippen LogP contribution in [-0.2, 0) is 4.79 Å². The maximum atomic E-state index is 13.5. The van der Waals surface area contributed by atoms with Gasteiger partial charge in [-0.05, 0) is 36.5 Å². The molecule has 0 heterocycles. The van der Waals surface area contributed by atoms with E-state index in [0.29, 0.717) is 0 Å². The molecule has 1 aromatic rings. The van der Waals surface area contributed by atoms with Gasteiger partial charge in [0.2, 0.25) is 0 Å². The monoisotopic (exact) mass is 322 g/mol. The van der Waals surface area contributed by atoms with Crippen molar-refractivity contribution < 1.29 is 19.1 Å². The zero-order valence-corrected chi connectivity index (χ0v) is 13.3. The molecular weight excluding hydrogens is 299 g/mol. The predicted molar refractivity (Wildman–Crippen MR) is 84.5 cm³/mol. The summed E-state index contributed by atoms with van der Waals surface area (Å²) >= 11 is 0. The van der Waals surface area contributed by atoms with Crippen LogP contribution in [0.1, 0.15) is 43.7 Å². The number of carboxylic acids is 1. The second kappa shape index (κ2) is 7.94. The SMILES string of the molecule is CN(CCC(=O)O)C(=O)NC(c1cccc(F)c1)C1CCCC1. The molecule has 23 heavy (non-hydrogen) atoms. The number of benzene rings is 1. The number of urea groups is 1. The van der Waals surface area contributed by atoms with Crippen molar-refractivity contribution in [1.82, 2.24) is 10.2 Å². The Morgan fingerprint density at radius 3 is 2.70 bits per heavy atom. The molecule has 1 unspecified atom stereocenters. The minimum atomic E-state index is -0.942. The van der Waals surface area contributed by atoms with Crippen molar-refractivity contribution in [2.24, 2.45) is 5.92 Å². The summed E-state index contributed by atoms with van der Waals surface area (Å²) in [5.74, 6) is -0.977. The van der Waals surface area contributed by atoms with Crippen LogP contribution in [0, 0.1) is 11.7 Å². The molecule has 2 N–H and O–H groups in total. The number of aliphatic carboxylic acids is 1. The number of carbonyl (C=O) groups is 2. The lowest BCUT2D eigenvalue weighted by atomic mass is 9.91. The summed E-state index contributed by atoms with van der Waals surface area (Å²) in [7, 11) is 1.57. The normalized spacial score (nSPS) is 16.1. The zero-order valence-electron chi connectivity index (χ0n) is 13.3. The molecule has 0 spiro atoms. The highest BCUT2D eigenvalue weighted by Gasteiger charge is 2.28. The van der Waals surface area contributed by atoms with E-state index in [2.05, 4.69) is 5.32 Å². The molecule has 0 aliphatic heterocycles. The third-order valence-electron chi connectivity index (χ3n) is 4.37. The number of nitrogens with one attached hydrogen (secondary N) is 1. The number of carboxylic acid groups (broad SMARTS) is 1. The fraction of sp³-hybridized carbons (Fsp3) is 0.529. The van der Waals surface area contributed by atoms with E-state index in [0.717, 1.165) is 31.2 Å². The van der Waals surface area contributed by atoms with Crippen LogP contribution in [0.4, 0.5) is 9.18 Å². The first-order valence-electron chi connectivity index (χ1n) is 7.96. The molecule has 1 saturated carbocycles. The Hall–Kier alpha value is -2.11. The number of nitrogens with zero attached hydrogens (tertiary/aromatic N) is 1. The van der Waals surface area contributed by atoms with Gasteiger partial charge in [-0.3, -0.25) is 4.79 Å². The summed E-state index contributed by atoms with van der Waals surface area (Å²) in [6, 6.07) is 5.74. The highest BCUT2D eigenvalue weighted by molar-refractivity contribution is 5.75. The molecular formula is C17H23FN2O3. The Labute approximate surface area is 135 Å². The quantitative estimate of drug-likeness (QED) is 0.845. The van der Waals surface area contributed by atoms with Crippen molar-refractivity contribution in [2.45, 2.75) is 38.1 Å². The van der Waals surface area contributed by atoms with E-state index < -0.39 is 5.97 Å². The van der Waals surface area contributed by atoms with Gasteiger partial charge in [0.05, 0.1) is 12.5 Å². The van der Waals surface area contributed by atoms with Crippen LogP contribution in [0.15, 0.2) is 24.3 Å². The smallest absolute Gasteiger partial charge is 0.317 e. The summed E-state index contributed by atoms with van der Waals surface area (Å²) in [4.78, 5) is 24.3. The van der Waals surface area contributed by atoms with Crippen LogP contribution in [0.3, 0.4) is 0 Å². The van der Waals surface area contributed by atoms with Gasteiger partial charge in [-0.2, -0.15) is 0 Å². The summed E-state index contributed by atoms with van der Waals surface area (Å²) in [5, 5.41) is 11.7. The van der Waals surface area contributed by atoms with Gasteiger partial charge in [0.25, 0.3) is 0 Å². The second-order valence-corrected chi connectivity index (χ2v) is 6.09. The maximum absolute atomic E-state index is 13.5. The largest absolute Gasteiger partial charge is 0.481 e. The lowest BCUT2D eigenvalue weighted by molar-refractivity contribution is -0.137. The van der Waals surface area contributed by atoms with Crippen molar-refractivity contribution >= 4 is 12.0 Å². The van der Waals surface area contributed by atoms with Gasteiger partial charge in [0.15, 0.2) is 0 Å². The number of hydrogen-bond acceptors (Lipinski definition) is 2. The third kappa shape index (κ3) is 4.94. The molecule has 2 rings (SSSR count). The Balaban J connectivity index is 2.08. The molecule has 1 fully saturated rings. The molecule has 0 saturated heterocycles. The standard InChI is InChI=1S/C17H23FN2O3/c1-20(10-9-15(21)22)17(23)19-16(12-5-2-3-6-12)13-7-4-8-14(18)11-13/h4,7-8,11-12,16H,2-3,5-6,9-10H2,1H3,(H,19,23)(H,21,22). The van der Waals surface area contributed by atoms with E-state index in [1.54, 1.807) is 13.1 Å². The molecule has 5 nitrogen and oxygen atoms in total. The van der Waals surface area contributed by atoms with Crippen molar-refractivity contribution in [1.29, 1.82) is 0 Å². The molecule has 2 amide bonds. The average Bonchev–Trinajstić information content (AvgIpc) is 3.03. The second-order valence-electron chi connectivity index (χ2n) is 6.09. The van der Waals surface area contributed by atoms with Crippen LogP contribution in [0.5, 0.6) is 0 Å². The Kier molecular flexibility index (Phi) is 5.96. The van der Waals surface area contributed by atoms with Crippen molar-refractivity contribution in [3.63, 3.8) is 0 Å². The van der Waals surface area contributed by atoms with Gasteiger partial charge in [0.1, 0.15) is 5.82 Å². The van der Waals surface area contributed by atoms with E-state index in [4.69, 9.17) is 5.11 Å². The van der Waals surface area contributed by atoms with Gasteiger partial charge in [-0.25, -0.2) is 9.18 Å². The van der Waals surface area contributed by atoms with Crippen molar-refractivity contribution in [2.75, 3.05) is 13.6 Å². The van der Waals surface area contributed by atoms with E-state index in [-0.39, 0.29) is 36.8 Å². The molecule has 0 aromatic heterocycles. The summed E-state index contributed by atoms with van der Waals surface area (Å²) in [5.41, 5.74) is 0.761. The highest BCUT2D eigenvalue weighted by Crippen LogP contribution is 2.36. The molecule has 0 bridgehead atoms. The molecule has 1 aliphatic rings. The minimum absolute atomic E-state index is 0.0992. The van der Waals surface area contributed by atoms with Gasteiger partial charge >= 0.3 is 12.0 Å². The third-order valence-corrected chi connectivity index (χ3v) is 4.37. The number of halogens is 1. The van der Waals surface area contributed by atoms with Crippen molar-refractivity contribution in [3.8, 4) is 0 Å². The lowest BCUT2D eigenvalue weighted by Gasteiger charge is -2.28.